The summed E-state index contributed by atoms with van der Waals surface area (Å²) in [6.07, 6.45) is 1.54. The third-order valence-electron chi connectivity index (χ3n) is 3.01. The van der Waals surface area contributed by atoms with Crippen molar-refractivity contribution in [3.05, 3.63) is 59.8 Å². The zero-order chi connectivity index (χ0) is 16.1. The Hall–Kier alpha value is -2.86. The minimum absolute atomic E-state index is 0.404. The molecule has 1 aromatic heterocycles. The van der Waals surface area contributed by atoms with Crippen LogP contribution in [0.5, 0.6) is 5.75 Å². The summed E-state index contributed by atoms with van der Waals surface area (Å²) < 4.78 is 5.13. The minimum atomic E-state index is 0.404. The van der Waals surface area contributed by atoms with E-state index in [1.807, 2.05) is 36.4 Å². The zero-order valence-corrected chi connectivity index (χ0v) is 13.1. The van der Waals surface area contributed by atoms with Crippen molar-refractivity contribution in [1.82, 2.24) is 15.2 Å². The Morgan fingerprint density at radius 3 is 2.57 bits per heavy atom. The summed E-state index contributed by atoms with van der Waals surface area (Å²) in [5.41, 5.74) is 1.67. The number of nitrogens with one attached hydrogen (secondary N) is 2. The lowest BCUT2D eigenvalue weighted by atomic mass is 10.3. The number of nitrogens with zero attached hydrogens (tertiary/aromatic N) is 3. The summed E-state index contributed by atoms with van der Waals surface area (Å²) in [5, 5.41) is 14.6. The largest absolute Gasteiger partial charge is 0.495 e. The van der Waals surface area contributed by atoms with Gasteiger partial charge in [-0.25, -0.2) is 0 Å². The molecule has 3 rings (SSSR count). The molecule has 2 N–H and O–H groups in total. The summed E-state index contributed by atoms with van der Waals surface area (Å²) in [5.74, 6) is 1.57. The maximum atomic E-state index is 6.11. The fourth-order valence-electron chi connectivity index (χ4n) is 1.96. The third-order valence-corrected chi connectivity index (χ3v) is 3.31. The second kappa shape index (κ2) is 6.93. The number of rotatable bonds is 5. The highest BCUT2D eigenvalue weighted by Gasteiger charge is 2.05. The first-order chi connectivity index (χ1) is 11.2. The fraction of sp³-hybridized carbons (Fsp3) is 0.0625. The Bertz CT molecular complexity index is 797. The van der Waals surface area contributed by atoms with E-state index in [-0.39, 0.29) is 0 Å². The predicted molar refractivity (Wildman–Crippen MR) is 90.8 cm³/mol. The smallest absolute Gasteiger partial charge is 0.249 e. The van der Waals surface area contributed by atoms with Gasteiger partial charge in [0.1, 0.15) is 5.75 Å². The third kappa shape index (κ3) is 3.87. The van der Waals surface area contributed by atoms with Gasteiger partial charge < -0.3 is 15.4 Å². The molecule has 0 saturated heterocycles. The highest BCUT2D eigenvalue weighted by Crippen LogP contribution is 2.28. The Morgan fingerprint density at radius 2 is 1.83 bits per heavy atom. The summed E-state index contributed by atoms with van der Waals surface area (Å²) in [6.45, 7) is 0. The van der Waals surface area contributed by atoms with Crippen LogP contribution in [0.25, 0.3) is 0 Å². The second-order valence-corrected chi connectivity index (χ2v) is 5.04. The van der Waals surface area contributed by atoms with E-state index in [0.717, 1.165) is 11.4 Å². The maximum absolute atomic E-state index is 6.11. The van der Waals surface area contributed by atoms with Crippen molar-refractivity contribution < 1.29 is 4.74 Å². The van der Waals surface area contributed by atoms with Crippen LogP contribution in [0.2, 0.25) is 5.02 Å². The van der Waals surface area contributed by atoms with Crippen LogP contribution in [0.4, 0.5) is 23.1 Å². The van der Waals surface area contributed by atoms with Gasteiger partial charge in [0.15, 0.2) is 5.82 Å². The first kappa shape index (κ1) is 15.1. The number of aromatic nitrogens is 3. The van der Waals surface area contributed by atoms with Crippen molar-refractivity contribution in [2.24, 2.45) is 0 Å². The first-order valence-corrected chi connectivity index (χ1v) is 7.25. The predicted octanol–water partition coefficient (Wildman–Crippen LogP) is 4.02. The molecule has 0 aliphatic carbocycles. The Kier molecular flexibility index (Phi) is 4.54. The van der Waals surface area contributed by atoms with Gasteiger partial charge in [-0.1, -0.05) is 29.8 Å². The molecule has 0 unspecified atom stereocenters. The molecule has 0 spiro atoms. The molecule has 0 aliphatic heterocycles. The van der Waals surface area contributed by atoms with Crippen LogP contribution >= 0.6 is 11.6 Å². The van der Waals surface area contributed by atoms with Gasteiger partial charge in [-0.15, -0.1) is 5.10 Å². The minimum Gasteiger partial charge on any atom is -0.495 e. The van der Waals surface area contributed by atoms with E-state index in [9.17, 15) is 0 Å². The quantitative estimate of drug-likeness (QED) is 0.737. The van der Waals surface area contributed by atoms with Gasteiger partial charge >= 0.3 is 0 Å². The molecular formula is C16H14ClN5O. The molecule has 0 aliphatic rings. The molecule has 2 aromatic carbocycles. The molecule has 116 valence electrons. The van der Waals surface area contributed by atoms with E-state index in [0.29, 0.717) is 22.5 Å². The van der Waals surface area contributed by atoms with E-state index in [1.54, 1.807) is 19.2 Å². The van der Waals surface area contributed by atoms with E-state index < -0.39 is 0 Å². The van der Waals surface area contributed by atoms with Crippen LogP contribution < -0.4 is 15.4 Å². The topological polar surface area (TPSA) is 72.0 Å². The number of halogens is 1. The molecule has 0 amide bonds. The summed E-state index contributed by atoms with van der Waals surface area (Å²) >= 11 is 6.11. The highest BCUT2D eigenvalue weighted by molar-refractivity contribution is 6.32. The van der Waals surface area contributed by atoms with Gasteiger partial charge in [-0.2, -0.15) is 10.1 Å². The molecule has 0 bridgehead atoms. The fourth-order valence-corrected chi connectivity index (χ4v) is 2.22. The summed E-state index contributed by atoms with van der Waals surface area (Å²) in [6, 6.07) is 15.0. The molecule has 0 atom stereocenters. The van der Waals surface area contributed by atoms with Crippen molar-refractivity contribution >= 4 is 34.7 Å². The number of anilines is 4. The van der Waals surface area contributed by atoms with Crippen LogP contribution in [0.3, 0.4) is 0 Å². The average Bonchev–Trinajstić information content (AvgIpc) is 2.56. The standard InChI is InChI=1S/C16H14ClN5O/c1-23-14-8-7-12(9-13(14)17)19-15-10-18-22-16(21-15)20-11-5-3-2-4-6-11/h2-10H,1H3,(H2,19,20,21,22). The van der Waals surface area contributed by atoms with Crippen molar-refractivity contribution in [3.8, 4) is 5.75 Å². The molecule has 23 heavy (non-hydrogen) atoms. The van der Waals surface area contributed by atoms with E-state index >= 15 is 0 Å². The van der Waals surface area contributed by atoms with Gasteiger partial charge in [-0.05, 0) is 30.3 Å². The monoisotopic (exact) mass is 327 g/mol. The molecular weight excluding hydrogens is 314 g/mol. The second-order valence-electron chi connectivity index (χ2n) is 4.63. The Balaban J connectivity index is 1.76. The highest BCUT2D eigenvalue weighted by atomic mass is 35.5. The lowest BCUT2D eigenvalue weighted by Crippen LogP contribution is -2.02. The van der Waals surface area contributed by atoms with Crippen LogP contribution in [0, 0.1) is 0 Å². The maximum Gasteiger partial charge on any atom is 0.249 e. The number of para-hydroxylation sites is 1. The molecule has 1 heterocycles. The van der Waals surface area contributed by atoms with Crippen LogP contribution in [0.15, 0.2) is 54.7 Å². The molecule has 7 heteroatoms. The number of methoxy groups -OCH3 is 1. The normalized spacial score (nSPS) is 10.2. The van der Waals surface area contributed by atoms with Crippen LogP contribution in [0.1, 0.15) is 0 Å². The van der Waals surface area contributed by atoms with Crippen molar-refractivity contribution in [1.29, 1.82) is 0 Å². The van der Waals surface area contributed by atoms with Crippen molar-refractivity contribution in [2.75, 3.05) is 17.7 Å². The Morgan fingerprint density at radius 1 is 1.00 bits per heavy atom. The summed E-state index contributed by atoms with van der Waals surface area (Å²) in [4.78, 5) is 4.37. The number of benzene rings is 2. The zero-order valence-electron chi connectivity index (χ0n) is 12.3. The summed E-state index contributed by atoms with van der Waals surface area (Å²) in [7, 11) is 1.57. The number of hydrogen-bond acceptors (Lipinski definition) is 6. The SMILES string of the molecule is COc1ccc(Nc2cnnc(Nc3ccccc3)n2)cc1Cl. The van der Waals surface area contributed by atoms with E-state index in [2.05, 4.69) is 25.8 Å². The molecule has 6 nitrogen and oxygen atoms in total. The average molecular weight is 328 g/mol. The van der Waals surface area contributed by atoms with Crippen molar-refractivity contribution in [2.45, 2.75) is 0 Å². The molecule has 3 aromatic rings. The number of hydrogen-bond donors (Lipinski definition) is 2. The van der Waals surface area contributed by atoms with Gasteiger partial charge in [0.2, 0.25) is 5.95 Å². The molecule has 0 radical (unpaired) electrons. The van der Waals surface area contributed by atoms with Gasteiger partial charge in [-0.3, -0.25) is 0 Å². The molecule has 0 fully saturated rings. The lowest BCUT2D eigenvalue weighted by Gasteiger charge is -2.09. The lowest BCUT2D eigenvalue weighted by molar-refractivity contribution is 0.415. The van der Waals surface area contributed by atoms with E-state index in [1.165, 1.54) is 6.20 Å². The van der Waals surface area contributed by atoms with Gasteiger partial charge in [0.25, 0.3) is 0 Å². The van der Waals surface area contributed by atoms with Gasteiger partial charge in [0.05, 0.1) is 18.3 Å². The first-order valence-electron chi connectivity index (χ1n) is 6.87. The molecule has 0 saturated carbocycles. The van der Waals surface area contributed by atoms with Crippen molar-refractivity contribution in [3.63, 3.8) is 0 Å². The number of ether oxygens (including phenoxy) is 1. The van der Waals surface area contributed by atoms with E-state index in [4.69, 9.17) is 16.3 Å². The Labute approximate surface area is 138 Å². The van der Waals surface area contributed by atoms with Crippen LogP contribution in [-0.4, -0.2) is 22.3 Å². The van der Waals surface area contributed by atoms with Gasteiger partial charge in [0, 0.05) is 11.4 Å². The van der Waals surface area contributed by atoms with Crippen LogP contribution in [-0.2, 0) is 0 Å².